The molecule has 1 fully saturated rings. The van der Waals surface area contributed by atoms with Gasteiger partial charge in [0.25, 0.3) is 0 Å². The first-order valence-electron chi connectivity index (χ1n) is 6.80. The van der Waals surface area contributed by atoms with Crippen LogP contribution in [0.5, 0.6) is 11.5 Å². The van der Waals surface area contributed by atoms with Crippen molar-refractivity contribution in [3.8, 4) is 11.5 Å². The lowest BCUT2D eigenvalue weighted by Gasteiger charge is -2.29. The zero-order valence-corrected chi connectivity index (χ0v) is 11.9. The van der Waals surface area contributed by atoms with E-state index in [9.17, 15) is 0 Å². The van der Waals surface area contributed by atoms with Gasteiger partial charge in [-0.2, -0.15) is 0 Å². The van der Waals surface area contributed by atoms with Crippen molar-refractivity contribution in [2.75, 3.05) is 31.1 Å². The highest BCUT2D eigenvalue weighted by atomic mass is 35.5. The minimum Gasteiger partial charge on any atom is -0.457 e. The molecule has 0 unspecified atom stereocenters. The van der Waals surface area contributed by atoms with E-state index in [2.05, 4.69) is 22.3 Å². The lowest BCUT2D eigenvalue weighted by Crippen LogP contribution is -2.43. The maximum absolute atomic E-state index is 5.95. The Kier molecular flexibility index (Phi) is 4.09. The summed E-state index contributed by atoms with van der Waals surface area (Å²) in [6, 6.07) is 15.6. The molecule has 2 aromatic rings. The number of hydrogen-bond acceptors (Lipinski definition) is 3. The predicted molar refractivity (Wildman–Crippen MR) is 83.1 cm³/mol. The van der Waals surface area contributed by atoms with E-state index in [-0.39, 0.29) is 0 Å². The van der Waals surface area contributed by atoms with Gasteiger partial charge in [0.1, 0.15) is 11.5 Å². The molecule has 3 rings (SSSR count). The van der Waals surface area contributed by atoms with Gasteiger partial charge in [0.15, 0.2) is 0 Å². The minimum absolute atomic E-state index is 0.680. The maximum Gasteiger partial charge on any atom is 0.128 e. The number of hydrogen-bond donors (Lipinski definition) is 1. The Hall–Kier alpha value is -1.71. The van der Waals surface area contributed by atoms with Gasteiger partial charge >= 0.3 is 0 Å². The summed E-state index contributed by atoms with van der Waals surface area (Å²) in [7, 11) is 0. The summed E-state index contributed by atoms with van der Waals surface area (Å²) in [6.07, 6.45) is 0. The lowest BCUT2D eigenvalue weighted by atomic mass is 10.2. The predicted octanol–water partition coefficient (Wildman–Crippen LogP) is 3.54. The Labute approximate surface area is 124 Å². The zero-order valence-electron chi connectivity index (χ0n) is 11.2. The van der Waals surface area contributed by atoms with E-state index in [1.54, 1.807) is 0 Å². The lowest BCUT2D eigenvalue weighted by molar-refractivity contribution is 0.482. The minimum atomic E-state index is 0.680. The van der Waals surface area contributed by atoms with Crippen LogP contribution in [0.1, 0.15) is 0 Å². The second-order valence-electron chi connectivity index (χ2n) is 4.79. The van der Waals surface area contributed by atoms with Gasteiger partial charge in [-0.3, -0.25) is 0 Å². The van der Waals surface area contributed by atoms with Crippen LogP contribution in [-0.2, 0) is 0 Å². The number of nitrogens with one attached hydrogen (secondary N) is 1. The molecule has 0 saturated carbocycles. The molecular formula is C16H17ClN2O. The molecule has 0 spiro atoms. The number of piperazine rings is 1. The van der Waals surface area contributed by atoms with E-state index in [0.29, 0.717) is 5.02 Å². The molecule has 0 radical (unpaired) electrons. The Bertz CT molecular complexity index is 565. The Morgan fingerprint density at radius 3 is 2.40 bits per heavy atom. The van der Waals surface area contributed by atoms with Crippen molar-refractivity contribution in [1.82, 2.24) is 5.32 Å². The molecule has 0 bridgehead atoms. The summed E-state index contributed by atoms with van der Waals surface area (Å²) in [6.45, 7) is 4.19. The van der Waals surface area contributed by atoms with Gasteiger partial charge < -0.3 is 15.0 Å². The third-order valence-electron chi connectivity index (χ3n) is 3.35. The molecule has 1 aliphatic heterocycles. The molecule has 1 aliphatic rings. The third-order valence-corrected chi connectivity index (χ3v) is 3.59. The van der Waals surface area contributed by atoms with Gasteiger partial charge in [0, 0.05) is 36.9 Å². The van der Waals surface area contributed by atoms with Crippen molar-refractivity contribution in [2.45, 2.75) is 0 Å². The fraction of sp³-hybridized carbons (Fsp3) is 0.250. The van der Waals surface area contributed by atoms with Crippen molar-refractivity contribution in [3.05, 3.63) is 53.6 Å². The van der Waals surface area contributed by atoms with E-state index in [4.69, 9.17) is 16.3 Å². The number of anilines is 1. The highest BCUT2D eigenvalue weighted by Gasteiger charge is 2.10. The maximum atomic E-state index is 5.95. The van der Waals surface area contributed by atoms with Crippen LogP contribution in [0, 0.1) is 0 Å². The first-order valence-corrected chi connectivity index (χ1v) is 7.18. The first-order chi connectivity index (χ1) is 9.81. The van der Waals surface area contributed by atoms with Crippen LogP contribution in [0.25, 0.3) is 0 Å². The van der Waals surface area contributed by atoms with Crippen LogP contribution in [0.2, 0.25) is 5.02 Å². The third kappa shape index (κ3) is 3.24. The van der Waals surface area contributed by atoms with Gasteiger partial charge in [-0.05, 0) is 42.5 Å². The fourth-order valence-electron chi connectivity index (χ4n) is 2.31. The molecule has 2 aromatic carbocycles. The van der Waals surface area contributed by atoms with E-state index >= 15 is 0 Å². The highest BCUT2D eigenvalue weighted by Crippen LogP contribution is 2.26. The standard InChI is InChI=1S/C16H17ClN2O/c17-13-2-1-3-16(12-13)20-15-6-4-14(5-7-15)19-10-8-18-9-11-19/h1-7,12,18H,8-11H2. The van der Waals surface area contributed by atoms with E-state index < -0.39 is 0 Å². The summed E-state index contributed by atoms with van der Waals surface area (Å²) < 4.78 is 5.79. The van der Waals surface area contributed by atoms with E-state index in [1.807, 2.05) is 36.4 Å². The van der Waals surface area contributed by atoms with Gasteiger partial charge in [-0.1, -0.05) is 17.7 Å². The molecule has 4 heteroatoms. The summed E-state index contributed by atoms with van der Waals surface area (Å²) in [5, 5.41) is 4.04. The topological polar surface area (TPSA) is 24.5 Å². The van der Waals surface area contributed by atoms with Gasteiger partial charge in [-0.25, -0.2) is 0 Å². The van der Waals surface area contributed by atoms with Crippen molar-refractivity contribution < 1.29 is 4.74 Å². The molecule has 20 heavy (non-hydrogen) atoms. The van der Waals surface area contributed by atoms with Gasteiger partial charge in [0.05, 0.1) is 0 Å². The number of benzene rings is 2. The summed E-state index contributed by atoms with van der Waals surface area (Å²) in [4.78, 5) is 2.37. The van der Waals surface area contributed by atoms with Crippen molar-refractivity contribution >= 4 is 17.3 Å². The number of nitrogens with zero attached hydrogens (tertiary/aromatic N) is 1. The smallest absolute Gasteiger partial charge is 0.128 e. The second kappa shape index (κ2) is 6.16. The quantitative estimate of drug-likeness (QED) is 0.935. The SMILES string of the molecule is Clc1cccc(Oc2ccc(N3CCNCC3)cc2)c1. The van der Waals surface area contributed by atoms with Crippen LogP contribution in [0.3, 0.4) is 0 Å². The van der Waals surface area contributed by atoms with Gasteiger partial charge in [-0.15, -0.1) is 0 Å². The second-order valence-corrected chi connectivity index (χ2v) is 5.23. The van der Waals surface area contributed by atoms with Crippen LogP contribution in [-0.4, -0.2) is 26.2 Å². The molecule has 1 N–H and O–H groups in total. The van der Waals surface area contributed by atoms with Gasteiger partial charge in [0.2, 0.25) is 0 Å². The highest BCUT2D eigenvalue weighted by molar-refractivity contribution is 6.30. The van der Waals surface area contributed by atoms with E-state index in [1.165, 1.54) is 5.69 Å². The Morgan fingerprint density at radius 2 is 1.70 bits per heavy atom. The molecule has 3 nitrogen and oxygen atoms in total. The van der Waals surface area contributed by atoms with Crippen LogP contribution >= 0.6 is 11.6 Å². The monoisotopic (exact) mass is 288 g/mol. The Balaban J connectivity index is 1.69. The normalized spacial score (nSPS) is 15.2. The average molecular weight is 289 g/mol. The number of halogens is 1. The summed E-state index contributed by atoms with van der Waals surface area (Å²) >= 11 is 5.95. The van der Waals surface area contributed by atoms with Crippen molar-refractivity contribution in [1.29, 1.82) is 0 Å². The molecule has 0 aliphatic carbocycles. The molecular weight excluding hydrogens is 272 g/mol. The summed E-state index contributed by atoms with van der Waals surface area (Å²) in [5.41, 5.74) is 1.24. The molecule has 0 amide bonds. The summed E-state index contributed by atoms with van der Waals surface area (Å²) in [5.74, 6) is 1.58. The zero-order chi connectivity index (χ0) is 13.8. The molecule has 1 saturated heterocycles. The first kappa shape index (κ1) is 13.3. The van der Waals surface area contributed by atoms with Crippen LogP contribution in [0.4, 0.5) is 5.69 Å². The van der Waals surface area contributed by atoms with Crippen molar-refractivity contribution in [3.63, 3.8) is 0 Å². The van der Waals surface area contributed by atoms with Crippen LogP contribution in [0.15, 0.2) is 48.5 Å². The average Bonchev–Trinajstić information content (AvgIpc) is 2.49. The molecule has 0 aromatic heterocycles. The van der Waals surface area contributed by atoms with Crippen molar-refractivity contribution in [2.24, 2.45) is 0 Å². The molecule has 104 valence electrons. The fourth-order valence-corrected chi connectivity index (χ4v) is 2.49. The largest absolute Gasteiger partial charge is 0.457 e. The van der Waals surface area contributed by atoms with E-state index in [0.717, 1.165) is 37.7 Å². The molecule has 0 atom stereocenters. The number of rotatable bonds is 3. The molecule has 1 heterocycles. The van der Waals surface area contributed by atoms with Crippen LogP contribution < -0.4 is 15.0 Å². The Morgan fingerprint density at radius 1 is 0.950 bits per heavy atom. The number of ether oxygens (including phenoxy) is 1.